The van der Waals surface area contributed by atoms with E-state index >= 15 is 0 Å². The third-order valence-electron chi connectivity index (χ3n) is 2.37. The van der Waals surface area contributed by atoms with E-state index in [9.17, 15) is 0 Å². The van der Waals surface area contributed by atoms with Crippen LogP contribution >= 0.6 is 0 Å². The Morgan fingerprint density at radius 1 is 1.44 bits per heavy atom. The van der Waals surface area contributed by atoms with Gasteiger partial charge in [-0.3, -0.25) is 0 Å². The van der Waals surface area contributed by atoms with Crippen molar-refractivity contribution in [3.05, 3.63) is 35.4 Å². The van der Waals surface area contributed by atoms with Gasteiger partial charge in [0.05, 0.1) is 11.6 Å². The third kappa shape index (κ3) is 4.17. The van der Waals surface area contributed by atoms with Crippen LogP contribution in [0.2, 0.25) is 0 Å². The van der Waals surface area contributed by atoms with E-state index in [1.165, 1.54) is 5.56 Å². The maximum atomic E-state index is 8.78. The summed E-state index contributed by atoms with van der Waals surface area (Å²) >= 11 is 0. The maximum absolute atomic E-state index is 8.78. The zero-order valence-corrected chi connectivity index (χ0v) is 9.61. The molecule has 82 valence electrons. The molecule has 0 unspecified atom stereocenters. The van der Waals surface area contributed by atoms with Gasteiger partial charge in [0.1, 0.15) is 0 Å². The van der Waals surface area contributed by atoms with Crippen molar-refractivity contribution in [3.8, 4) is 18.4 Å². The van der Waals surface area contributed by atoms with Gasteiger partial charge in [0.2, 0.25) is 0 Å². The molecule has 16 heavy (non-hydrogen) atoms. The molecule has 2 nitrogen and oxygen atoms in total. The van der Waals surface area contributed by atoms with Crippen LogP contribution in [0.3, 0.4) is 0 Å². The van der Waals surface area contributed by atoms with Crippen molar-refractivity contribution in [1.82, 2.24) is 4.90 Å². The van der Waals surface area contributed by atoms with E-state index in [-0.39, 0.29) is 0 Å². The fourth-order valence-electron chi connectivity index (χ4n) is 1.58. The molecule has 0 amide bonds. The van der Waals surface area contributed by atoms with Crippen molar-refractivity contribution >= 4 is 0 Å². The van der Waals surface area contributed by atoms with Gasteiger partial charge in [-0.25, -0.2) is 0 Å². The molecule has 0 saturated carbocycles. The van der Waals surface area contributed by atoms with Crippen molar-refractivity contribution in [2.24, 2.45) is 0 Å². The molecule has 0 aliphatic heterocycles. The molecular weight excluding hydrogens is 196 g/mol. The Labute approximate surface area is 97.5 Å². The lowest BCUT2D eigenvalue weighted by molar-refractivity contribution is 0.324. The number of hydrogen-bond acceptors (Lipinski definition) is 2. The first-order valence-corrected chi connectivity index (χ1v) is 5.37. The summed E-state index contributed by atoms with van der Waals surface area (Å²) < 4.78 is 0. The first kappa shape index (κ1) is 12.3. The molecular formula is C14H16N2. The van der Waals surface area contributed by atoms with Crippen LogP contribution in [0.5, 0.6) is 0 Å². The summed E-state index contributed by atoms with van der Waals surface area (Å²) in [6.07, 6.45) is 7.04. The number of benzene rings is 1. The molecule has 2 heteroatoms. The summed E-state index contributed by atoms with van der Waals surface area (Å²) in [6, 6.07) is 9.86. The van der Waals surface area contributed by atoms with Gasteiger partial charge in [-0.1, -0.05) is 12.1 Å². The molecule has 0 spiro atoms. The fourth-order valence-corrected chi connectivity index (χ4v) is 1.58. The van der Waals surface area contributed by atoms with Crippen LogP contribution in [-0.4, -0.2) is 18.5 Å². The summed E-state index contributed by atoms with van der Waals surface area (Å²) in [5.41, 5.74) is 1.89. The second-order valence-electron chi connectivity index (χ2n) is 3.86. The molecule has 1 aromatic carbocycles. The molecule has 0 aliphatic rings. The van der Waals surface area contributed by atoms with E-state index in [0.29, 0.717) is 0 Å². The Morgan fingerprint density at radius 3 is 2.94 bits per heavy atom. The van der Waals surface area contributed by atoms with Crippen LogP contribution in [0.25, 0.3) is 0 Å². The van der Waals surface area contributed by atoms with Gasteiger partial charge in [0, 0.05) is 13.0 Å². The van der Waals surface area contributed by atoms with E-state index in [0.717, 1.165) is 31.5 Å². The van der Waals surface area contributed by atoms with Crippen molar-refractivity contribution in [2.45, 2.75) is 19.4 Å². The van der Waals surface area contributed by atoms with Crippen molar-refractivity contribution < 1.29 is 0 Å². The van der Waals surface area contributed by atoms with Gasteiger partial charge in [0.15, 0.2) is 0 Å². The minimum Gasteiger partial charge on any atom is -0.302 e. The molecule has 0 N–H and O–H groups in total. The molecule has 0 atom stereocenters. The van der Waals surface area contributed by atoms with E-state index < -0.39 is 0 Å². The Morgan fingerprint density at radius 2 is 2.25 bits per heavy atom. The highest BCUT2D eigenvalue weighted by molar-refractivity contribution is 5.32. The summed E-state index contributed by atoms with van der Waals surface area (Å²) in [4.78, 5) is 2.22. The molecule has 1 rings (SSSR count). The van der Waals surface area contributed by atoms with Crippen LogP contribution in [0.4, 0.5) is 0 Å². The zero-order valence-electron chi connectivity index (χ0n) is 9.61. The highest BCUT2D eigenvalue weighted by Crippen LogP contribution is 2.07. The van der Waals surface area contributed by atoms with Crippen molar-refractivity contribution in [1.29, 1.82) is 5.26 Å². The topological polar surface area (TPSA) is 27.0 Å². The molecule has 0 fully saturated rings. The summed E-state index contributed by atoms with van der Waals surface area (Å²) in [5, 5.41) is 8.78. The molecule has 0 saturated heterocycles. The predicted molar refractivity (Wildman–Crippen MR) is 65.6 cm³/mol. The molecule has 0 aromatic heterocycles. The Bertz CT molecular complexity index is 409. The fraction of sp³-hybridized carbons (Fsp3) is 0.357. The standard InChI is InChI=1S/C14H16N2/c1-3-4-5-9-16(2)12-14-8-6-7-13(10-14)11-15/h1,6-8,10H,4-5,9,12H2,2H3. The summed E-state index contributed by atoms with van der Waals surface area (Å²) in [6.45, 7) is 1.85. The van der Waals surface area contributed by atoms with Crippen LogP contribution < -0.4 is 0 Å². The number of rotatable bonds is 5. The minimum absolute atomic E-state index is 0.717. The second kappa shape index (κ2) is 6.67. The van der Waals surface area contributed by atoms with Crippen molar-refractivity contribution in [3.63, 3.8) is 0 Å². The molecule has 0 aliphatic carbocycles. The van der Waals surface area contributed by atoms with Gasteiger partial charge in [0.25, 0.3) is 0 Å². The number of nitriles is 1. The normalized spacial score (nSPS) is 9.75. The number of unbranched alkanes of at least 4 members (excludes halogenated alkanes) is 1. The highest BCUT2D eigenvalue weighted by atomic mass is 15.1. The molecule has 1 aromatic rings. The zero-order chi connectivity index (χ0) is 11.8. The van der Waals surface area contributed by atoms with Crippen LogP contribution in [0, 0.1) is 23.7 Å². The smallest absolute Gasteiger partial charge is 0.0991 e. The van der Waals surface area contributed by atoms with Gasteiger partial charge in [-0.2, -0.15) is 5.26 Å². The van der Waals surface area contributed by atoms with Crippen LogP contribution in [0.1, 0.15) is 24.0 Å². The number of terminal acetylenes is 1. The van der Waals surface area contributed by atoms with E-state index in [2.05, 4.69) is 23.9 Å². The first-order valence-electron chi connectivity index (χ1n) is 5.37. The second-order valence-corrected chi connectivity index (χ2v) is 3.86. The van der Waals surface area contributed by atoms with Gasteiger partial charge in [-0.15, -0.1) is 12.3 Å². The quantitative estimate of drug-likeness (QED) is 0.553. The first-order chi connectivity index (χ1) is 7.76. The molecule has 0 bridgehead atoms. The van der Waals surface area contributed by atoms with E-state index in [1.807, 2.05) is 24.3 Å². The van der Waals surface area contributed by atoms with Gasteiger partial charge < -0.3 is 4.90 Å². The van der Waals surface area contributed by atoms with E-state index in [4.69, 9.17) is 11.7 Å². The maximum Gasteiger partial charge on any atom is 0.0991 e. The van der Waals surface area contributed by atoms with Gasteiger partial charge in [-0.05, 0) is 37.7 Å². The SMILES string of the molecule is C#CCCCN(C)Cc1cccc(C#N)c1. The van der Waals surface area contributed by atoms with Crippen molar-refractivity contribution in [2.75, 3.05) is 13.6 Å². The highest BCUT2D eigenvalue weighted by Gasteiger charge is 2.00. The Hall–Kier alpha value is -1.77. The Kier molecular flexibility index (Phi) is 5.12. The average molecular weight is 212 g/mol. The Balaban J connectivity index is 2.47. The summed E-state index contributed by atoms with van der Waals surface area (Å²) in [7, 11) is 2.07. The van der Waals surface area contributed by atoms with Crippen LogP contribution in [0.15, 0.2) is 24.3 Å². The third-order valence-corrected chi connectivity index (χ3v) is 2.37. The largest absolute Gasteiger partial charge is 0.302 e. The van der Waals surface area contributed by atoms with Gasteiger partial charge >= 0.3 is 0 Å². The summed E-state index contributed by atoms with van der Waals surface area (Å²) in [5.74, 6) is 2.64. The lowest BCUT2D eigenvalue weighted by Gasteiger charge is -2.15. The lowest BCUT2D eigenvalue weighted by atomic mass is 10.1. The van der Waals surface area contributed by atoms with Crippen LogP contribution in [-0.2, 0) is 6.54 Å². The predicted octanol–water partition coefficient (Wildman–Crippen LogP) is 2.40. The average Bonchev–Trinajstić information content (AvgIpc) is 2.29. The number of nitrogens with zero attached hydrogens (tertiary/aromatic N) is 2. The molecule has 0 heterocycles. The monoisotopic (exact) mass is 212 g/mol. The lowest BCUT2D eigenvalue weighted by Crippen LogP contribution is -2.18. The van der Waals surface area contributed by atoms with E-state index in [1.54, 1.807) is 0 Å². The molecule has 0 radical (unpaired) electrons. The number of hydrogen-bond donors (Lipinski definition) is 0. The minimum atomic E-state index is 0.717.